The van der Waals surface area contributed by atoms with Crippen LogP contribution < -0.4 is 4.74 Å². The van der Waals surface area contributed by atoms with Crippen molar-refractivity contribution in [3.05, 3.63) is 48.5 Å². The van der Waals surface area contributed by atoms with Crippen molar-refractivity contribution in [2.45, 2.75) is 44.5 Å². The van der Waals surface area contributed by atoms with Crippen molar-refractivity contribution in [3.63, 3.8) is 0 Å². The summed E-state index contributed by atoms with van der Waals surface area (Å²) in [5.41, 5.74) is 0.480. The lowest BCUT2D eigenvalue weighted by Gasteiger charge is -2.40. The molecular weight excluding hydrogens is 441 g/mol. The van der Waals surface area contributed by atoms with Crippen LogP contribution in [0, 0.1) is 5.82 Å². The summed E-state index contributed by atoms with van der Waals surface area (Å²) in [6.07, 6.45) is 0.148. The molecule has 0 aliphatic carbocycles. The van der Waals surface area contributed by atoms with E-state index in [0.29, 0.717) is 5.56 Å². The van der Waals surface area contributed by atoms with Crippen LogP contribution in [0.4, 0.5) is 4.39 Å². The Morgan fingerprint density at radius 1 is 0.938 bits per heavy atom. The van der Waals surface area contributed by atoms with Crippen molar-refractivity contribution in [2.75, 3.05) is 5.75 Å². The molecule has 1 aliphatic rings. The van der Waals surface area contributed by atoms with E-state index in [2.05, 4.69) is 4.98 Å². The Kier molecular flexibility index (Phi) is 7.68. The van der Waals surface area contributed by atoms with Crippen LogP contribution in [0.25, 0.3) is 11.1 Å². The van der Waals surface area contributed by atoms with Crippen molar-refractivity contribution >= 4 is 29.7 Å². The molecule has 2 aromatic rings. The minimum Gasteiger partial charge on any atom is -0.475 e. The fraction of sp³-hybridized carbons (Fsp3) is 0.364. The number of aromatic nitrogens is 1. The molecule has 0 spiro atoms. The quantitative estimate of drug-likeness (QED) is 0.472. The van der Waals surface area contributed by atoms with Crippen LogP contribution in [-0.2, 0) is 28.6 Å². The highest BCUT2D eigenvalue weighted by Crippen LogP contribution is 2.38. The summed E-state index contributed by atoms with van der Waals surface area (Å²) in [6, 6.07) is 7.59. The highest BCUT2D eigenvalue weighted by atomic mass is 32.2. The number of pyridine rings is 1. The van der Waals surface area contributed by atoms with E-state index in [1.165, 1.54) is 44.7 Å². The number of carbonyl (C=O) groups is 3. The Morgan fingerprint density at radius 3 is 2.19 bits per heavy atom. The summed E-state index contributed by atoms with van der Waals surface area (Å²) in [7, 11) is 0. The summed E-state index contributed by atoms with van der Waals surface area (Å²) in [6.45, 7) is 3.63. The van der Waals surface area contributed by atoms with E-state index in [9.17, 15) is 18.8 Å². The van der Waals surface area contributed by atoms with Crippen LogP contribution in [0.5, 0.6) is 5.75 Å². The Balaban J connectivity index is 1.96. The first-order chi connectivity index (χ1) is 15.2. The van der Waals surface area contributed by atoms with Crippen LogP contribution >= 0.6 is 11.8 Å². The third-order valence-corrected chi connectivity index (χ3v) is 5.70. The number of halogens is 1. The largest absolute Gasteiger partial charge is 0.475 e. The summed E-state index contributed by atoms with van der Waals surface area (Å²) in [5.74, 6) is -1.95. The molecule has 2 heterocycles. The molecule has 3 rings (SSSR count). The topological polar surface area (TPSA) is 101 Å². The third kappa shape index (κ3) is 5.97. The molecule has 0 N–H and O–H groups in total. The zero-order chi connectivity index (χ0) is 23.3. The fourth-order valence-corrected chi connectivity index (χ4v) is 4.51. The lowest BCUT2D eigenvalue weighted by atomic mass is 10.1. The average Bonchev–Trinajstić information content (AvgIpc) is 2.72. The predicted molar refractivity (Wildman–Crippen MR) is 113 cm³/mol. The third-order valence-electron chi connectivity index (χ3n) is 4.48. The number of benzene rings is 1. The molecule has 0 amide bonds. The van der Waals surface area contributed by atoms with E-state index in [4.69, 9.17) is 18.9 Å². The van der Waals surface area contributed by atoms with E-state index in [1.807, 2.05) is 0 Å². The van der Waals surface area contributed by atoms with E-state index in [1.54, 1.807) is 30.6 Å². The molecule has 8 nitrogen and oxygen atoms in total. The lowest BCUT2D eigenvalue weighted by molar-refractivity contribution is -0.186. The van der Waals surface area contributed by atoms with E-state index in [0.717, 1.165) is 5.56 Å². The maximum Gasteiger partial charge on any atom is 0.303 e. The zero-order valence-corrected chi connectivity index (χ0v) is 18.5. The van der Waals surface area contributed by atoms with Gasteiger partial charge in [0, 0.05) is 50.5 Å². The van der Waals surface area contributed by atoms with E-state index >= 15 is 0 Å². The van der Waals surface area contributed by atoms with Crippen molar-refractivity contribution < 1.29 is 37.7 Å². The van der Waals surface area contributed by atoms with Crippen molar-refractivity contribution in [1.29, 1.82) is 0 Å². The van der Waals surface area contributed by atoms with Gasteiger partial charge in [0.15, 0.2) is 23.7 Å². The molecule has 1 fully saturated rings. The smallest absolute Gasteiger partial charge is 0.303 e. The molecule has 10 heteroatoms. The minimum atomic E-state index is -1.10. The number of ether oxygens (including phenoxy) is 4. The number of nitrogens with zero attached hydrogens (tertiary/aromatic N) is 1. The van der Waals surface area contributed by atoms with Crippen LogP contribution in [0.2, 0.25) is 0 Å². The second-order valence-corrected chi connectivity index (χ2v) is 8.12. The van der Waals surface area contributed by atoms with Gasteiger partial charge in [-0.15, -0.1) is 11.8 Å². The number of hydrogen-bond donors (Lipinski definition) is 0. The van der Waals surface area contributed by atoms with Gasteiger partial charge in [0.2, 0.25) is 0 Å². The fourth-order valence-electron chi connectivity index (χ4n) is 3.30. The number of rotatable bonds is 6. The van der Waals surface area contributed by atoms with Gasteiger partial charge in [0.25, 0.3) is 0 Å². The van der Waals surface area contributed by atoms with E-state index in [-0.39, 0.29) is 11.5 Å². The van der Waals surface area contributed by atoms with Gasteiger partial charge >= 0.3 is 17.9 Å². The summed E-state index contributed by atoms with van der Waals surface area (Å²) in [4.78, 5) is 39.0. The van der Waals surface area contributed by atoms with Crippen LogP contribution in [0.15, 0.2) is 42.7 Å². The molecule has 1 aliphatic heterocycles. The molecular formula is C22H22FNO7S. The molecule has 1 saturated heterocycles. The van der Waals surface area contributed by atoms with Gasteiger partial charge in [0.1, 0.15) is 11.6 Å². The molecule has 32 heavy (non-hydrogen) atoms. The highest BCUT2D eigenvalue weighted by molar-refractivity contribution is 7.99. The Bertz CT molecular complexity index is 987. The molecule has 0 unspecified atom stereocenters. The predicted octanol–water partition coefficient (Wildman–Crippen LogP) is 3.13. The first-order valence-corrected chi connectivity index (χ1v) is 10.8. The summed E-state index contributed by atoms with van der Waals surface area (Å²) >= 11 is 1.20. The number of esters is 3. The number of hydrogen-bond acceptors (Lipinski definition) is 9. The molecule has 0 radical (unpaired) electrons. The number of carbonyl (C=O) groups excluding carboxylic acids is 3. The molecule has 0 saturated carbocycles. The van der Waals surface area contributed by atoms with Gasteiger partial charge in [-0.3, -0.25) is 19.4 Å². The minimum absolute atomic E-state index is 0.207. The Hall–Kier alpha value is -3.14. The molecule has 4 atom stereocenters. The van der Waals surface area contributed by atoms with Crippen LogP contribution in [-0.4, -0.2) is 52.4 Å². The normalized spacial score (nSPS) is 22.5. The lowest BCUT2D eigenvalue weighted by Crippen LogP contribution is -2.55. The van der Waals surface area contributed by atoms with Crippen molar-refractivity contribution in [3.8, 4) is 16.9 Å². The zero-order valence-electron chi connectivity index (χ0n) is 17.6. The maximum atomic E-state index is 14.1. The van der Waals surface area contributed by atoms with Crippen LogP contribution in [0.1, 0.15) is 20.8 Å². The molecule has 1 aromatic carbocycles. The second kappa shape index (κ2) is 10.4. The molecule has 0 bridgehead atoms. The van der Waals surface area contributed by atoms with Crippen molar-refractivity contribution in [2.24, 2.45) is 0 Å². The average molecular weight is 463 g/mol. The number of thioether (sulfide) groups is 1. The first-order valence-electron chi connectivity index (χ1n) is 9.74. The van der Waals surface area contributed by atoms with Gasteiger partial charge in [0.05, 0.1) is 0 Å². The Labute approximate surface area is 188 Å². The Morgan fingerprint density at radius 2 is 1.56 bits per heavy atom. The molecule has 1 aromatic heterocycles. The second-order valence-electron chi connectivity index (χ2n) is 6.99. The van der Waals surface area contributed by atoms with Gasteiger partial charge in [-0.1, -0.05) is 0 Å². The summed E-state index contributed by atoms with van der Waals surface area (Å²) in [5, 5.41) is 0. The van der Waals surface area contributed by atoms with Gasteiger partial charge < -0.3 is 18.9 Å². The van der Waals surface area contributed by atoms with Crippen LogP contribution in [0.3, 0.4) is 0 Å². The summed E-state index contributed by atoms with van der Waals surface area (Å²) < 4.78 is 36.2. The van der Waals surface area contributed by atoms with Gasteiger partial charge in [-0.25, -0.2) is 4.39 Å². The molecule has 170 valence electrons. The van der Waals surface area contributed by atoms with Gasteiger partial charge in [-0.2, -0.15) is 0 Å². The SMILES string of the molecule is CC(=O)O[C@@H]1[C@@H](OC(C)=O)[C@@H](Oc2cc(F)ccc2-c2ccncc2)SC[C@H]1OC(C)=O. The maximum absolute atomic E-state index is 14.1. The highest BCUT2D eigenvalue weighted by Gasteiger charge is 2.47. The first kappa shape index (κ1) is 23.5. The van der Waals surface area contributed by atoms with E-state index < -0.39 is 47.5 Å². The van der Waals surface area contributed by atoms with Gasteiger partial charge in [-0.05, 0) is 29.8 Å². The standard InChI is InChI=1S/C22H22FNO7S/c1-12(25)28-19-11-32-22(21(30-14(3)27)20(19)29-13(2)26)31-18-10-16(23)4-5-17(18)15-6-8-24-9-7-15/h4-10,19-22H,11H2,1-3H3/t19-,20+,21-,22+/m1/s1. The van der Waals surface area contributed by atoms with Crippen molar-refractivity contribution in [1.82, 2.24) is 4.98 Å². The monoisotopic (exact) mass is 463 g/mol.